The Balaban J connectivity index is 2.76. The van der Waals surface area contributed by atoms with Gasteiger partial charge in [-0.1, -0.05) is 6.92 Å². The molecule has 0 aliphatic carbocycles. The summed E-state index contributed by atoms with van der Waals surface area (Å²) in [4.78, 5) is 14.5. The van der Waals surface area contributed by atoms with Crippen LogP contribution >= 0.6 is 0 Å². The monoisotopic (exact) mass is 256 g/mol. The van der Waals surface area contributed by atoms with E-state index in [2.05, 4.69) is 24.1 Å². The van der Waals surface area contributed by atoms with Gasteiger partial charge in [-0.15, -0.1) is 0 Å². The molecular formula is C14H28N2O2. The van der Waals surface area contributed by atoms with Crippen molar-refractivity contribution in [1.82, 2.24) is 10.2 Å². The zero-order chi connectivity index (χ0) is 13.8. The van der Waals surface area contributed by atoms with Gasteiger partial charge in [0.15, 0.2) is 0 Å². The van der Waals surface area contributed by atoms with Crippen molar-refractivity contribution in [1.29, 1.82) is 0 Å². The third-order valence-electron chi connectivity index (χ3n) is 3.87. The van der Waals surface area contributed by atoms with Crippen LogP contribution in [0, 0.1) is 0 Å². The Morgan fingerprint density at radius 2 is 2.11 bits per heavy atom. The van der Waals surface area contributed by atoms with Gasteiger partial charge in [0.25, 0.3) is 0 Å². The average molecular weight is 256 g/mol. The van der Waals surface area contributed by atoms with Gasteiger partial charge in [0, 0.05) is 12.1 Å². The third kappa shape index (κ3) is 3.45. The van der Waals surface area contributed by atoms with E-state index in [1.807, 2.05) is 20.8 Å². The van der Waals surface area contributed by atoms with Crippen molar-refractivity contribution in [2.24, 2.45) is 0 Å². The van der Waals surface area contributed by atoms with Crippen LogP contribution in [-0.2, 0) is 9.53 Å². The van der Waals surface area contributed by atoms with Gasteiger partial charge >= 0.3 is 5.97 Å². The number of likely N-dealkylation sites (tertiary alicyclic amines) is 1. The molecule has 1 aliphatic rings. The van der Waals surface area contributed by atoms with Gasteiger partial charge in [0.1, 0.15) is 5.54 Å². The van der Waals surface area contributed by atoms with Gasteiger partial charge in [0.05, 0.1) is 6.61 Å². The zero-order valence-corrected chi connectivity index (χ0v) is 12.5. The van der Waals surface area contributed by atoms with E-state index in [0.717, 1.165) is 13.1 Å². The van der Waals surface area contributed by atoms with Gasteiger partial charge in [0.2, 0.25) is 0 Å². The van der Waals surface area contributed by atoms with Crippen molar-refractivity contribution in [3.63, 3.8) is 0 Å². The smallest absolute Gasteiger partial charge is 0.327 e. The van der Waals surface area contributed by atoms with Crippen LogP contribution < -0.4 is 5.32 Å². The van der Waals surface area contributed by atoms with Crippen molar-refractivity contribution in [2.45, 2.75) is 58.5 Å². The highest BCUT2D eigenvalue weighted by molar-refractivity contribution is 5.80. The fraction of sp³-hybridized carbons (Fsp3) is 0.929. The summed E-state index contributed by atoms with van der Waals surface area (Å²) in [6, 6.07) is 0. The van der Waals surface area contributed by atoms with Crippen molar-refractivity contribution in [3.8, 4) is 0 Å². The van der Waals surface area contributed by atoms with Gasteiger partial charge in [-0.05, 0) is 53.6 Å². The standard InChI is InChI=1S/C14H28N2O2/c1-6-15-14(5,12(17)18-7-2)11-16-10-8-9-13(16,3)4/h15H,6-11H2,1-5H3. The maximum absolute atomic E-state index is 12.1. The predicted molar refractivity (Wildman–Crippen MR) is 73.6 cm³/mol. The molecule has 1 saturated heterocycles. The molecule has 0 saturated carbocycles. The first-order valence-electron chi connectivity index (χ1n) is 7.03. The van der Waals surface area contributed by atoms with E-state index in [9.17, 15) is 4.79 Å². The molecule has 0 bridgehead atoms. The fourth-order valence-corrected chi connectivity index (χ4v) is 2.71. The average Bonchev–Trinajstić information content (AvgIpc) is 2.59. The van der Waals surface area contributed by atoms with Crippen molar-refractivity contribution in [2.75, 3.05) is 26.2 Å². The van der Waals surface area contributed by atoms with Crippen LogP contribution in [0.4, 0.5) is 0 Å². The van der Waals surface area contributed by atoms with Crippen LogP contribution in [0.15, 0.2) is 0 Å². The SMILES string of the molecule is CCNC(C)(CN1CCCC1(C)C)C(=O)OCC. The molecule has 0 aromatic carbocycles. The predicted octanol–water partition coefficient (Wildman–Crippen LogP) is 1.79. The number of hydrogen-bond acceptors (Lipinski definition) is 4. The maximum atomic E-state index is 12.1. The lowest BCUT2D eigenvalue weighted by Crippen LogP contribution is -2.59. The Morgan fingerprint density at radius 3 is 2.56 bits per heavy atom. The second kappa shape index (κ2) is 6.02. The lowest BCUT2D eigenvalue weighted by molar-refractivity contribution is -0.151. The molecule has 18 heavy (non-hydrogen) atoms. The molecule has 4 heteroatoms. The van der Waals surface area contributed by atoms with Gasteiger partial charge in [-0.3, -0.25) is 9.69 Å². The quantitative estimate of drug-likeness (QED) is 0.736. The van der Waals surface area contributed by atoms with Crippen LogP contribution in [0.2, 0.25) is 0 Å². The number of carbonyl (C=O) groups is 1. The second-order valence-corrected chi connectivity index (χ2v) is 5.92. The van der Waals surface area contributed by atoms with Gasteiger partial charge in [-0.25, -0.2) is 0 Å². The van der Waals surface area contributed by atoms with E-state index >= 15 is 0 Å². The minimum atomic E-state index is -0.605. The summed E-state index contributed by atoms with van der Waals surface area (Å²) in [5.41, 5.74) is -0.421. The molecule has 1 fully saturated rings. The molecule has 0 aromatic heterocycles. The Labute approximate surface area is 111 Å². The molecule has 1 heterocycles. The van der Waals surface area contributed by atoms with E-state index in [4.69, 9.17) is 4.74 Å². The molecule has 0 aromatic rings. The van der Waals surface area contributed by atoms with E-state index in [1.54, 1.807) is 0 Å². The Kier molecular flexibility index (Phi) is 5.17. The molecule has 1 aliphatic heterocycles. The number of nitrogens with one attached hydrogen (secondary N) is 1. The number of ether oxygens (including phenoxy) is 1. The minimum Gasteiger partial charge on any atom is -0.465 e. The number of carbonyl (C=O) groups excluding carboxylic acids is 1. The fourth-order valence-electron chi connectivity index (χ4n) is 2.71. The first-order valence-corrected chi connectivity index (χ1v) is 7.03. The molecule has 4 nitrogen and oxygen atoms in total. The van der Waals surface area contributed by atoms with E-state index in [1.165, 1.54) is 12.8 Å². The van der Waals surface area contributed by atoms with Crippen LogP contribution in [0.25, 0.3) is 0 Å². The molecule has 106 valence electrons. The van der Waals surface area contributed by atoms with Crippen molar-refractivity contribution < 1.29 is 9.53 Å². The Bertz CT molecular complexity index is 292. The maximum Gasteiger partial charge on any atom is 0.327 e. The van der Waals surface area contributed by atoms with E-state index in [-0.39, 0.29) is 11.5 Å². The van der Waals surface area contributed by atoms with Gasteiger partial charge < -0.3 is 10.1 Å². The number of hydrogen-bond donors (Lipinski definition) is 1. The van der Waals surface area contributed by atoms with Crippen molar-refractivity contribution >= 4 is 5.97 Å². The largest absolute Gasteiger partial charge is 0.465 e. The highest BCUT2D eigenvalue weighted by Gasteiger charge is 2.41. The minimum absolute atomic E-state index is 0.144. The normalized spacial score (nSPS) is 22.7. The summed E-state index contributed by atoms with van der Waals surface area (Å²) >= 11 is 0. The van der Waals surface area contributed by atoms with E-state index < -0.39 is 5.54 Å². The summed E-state index contributed by atoms with van der Waals surface area (Å²) in [5, 5.41) is 3.29. The molecule has 1 N–H and O–H groups in total. The van der Waals surface area contributed by atoms with Crippen LogP contribution in [0.1, 0.15) is 47.5 Å². The molecule has 0 radical (unpaired) electrons. The zero-order valence-electron chi connectivity index (χ0n) is 12.5. The van der Waals surface area contributed by atoms with Gasteiger partial charge in [-0.2, -0.15) is 0 Å². The Hall–Kier alpha value is -0.610. The molecular weight excluding hydrogens is 228 g/mol. The number of nitrogens with zero attached hydrogens (tertiary/aromatic N) is 1. The summed E-state index contributed by atoms with van der Waals surface area (Å²) in [6.07, 6.45) is 2.40. The summed E-state index contributed by atoms with van der Waals surface area (Å²) in [7, 11) is 0. The molecule has 0 amide bonds. The number of esters is 1. The molecule has 0 spiro atoms. The molecule has 1 unspecified atom stereocenters. The number of rotatable bonds is 6. The second-order valence-electron chi connectivity index (χ2n) is 5.92. The highest BCUT2D eigenvalue weighted by Crippen LogP contribution is 2.29. The summed E-state index contributed by atoms with van der Waals surface area (Å²) in [5.74, 6) is -0.144. The number of likely N-dealkylation sites (N-methyl/N-ethyl adjacent to an activating group) is 1. The molecule has 1 rings (SSSR count). The van der Waals surface area contributed by atoms with E-state index in [0.29, 0.717) is 13.2 Å². The summed E-state index contributed by atoms with van der Waals surface area (Å²) < 4.78 is 5.21. The van der Waals surface area contributed by atoms with Crippen LogP contribution in [0.5, 0.6) is 0 Å². The van der Waals surface area contributed by atoms with Crippen LogP contribution in [-0.4, -0.2) is 48.2 Å². The summed E-state index contributed by atoms with van der Waals surface area (Å²) in [6.45, 7) is 13.3. The molecule has 1 atom stereocenters. The Morgan fingerprint density at radius 1 is 1.44 bits per heavy atom. The van der Waals surface area contributed by atoms with Crippen LogP contribution in [0.3, 0.4) is 0 Å². The first-order chi connectivity index (χ1) is 8.35. The van der Waals surface area contributed by atoms with Crippen molar-refractivity contribution in [3.05, 3.63) is 0 Å². The lowest BCUT2D eigenvalue weighted by Gasteiger charge is -2.38. The topological polar surface area (TPSA) is 41.6 Å². The lowest BCUT2D eigenvalue weighted by atomic mass is 9.97. The third-order valence-corrected chi connectivity index (χ3v) is 3.87. The first kappa shape index (κ1) is 15.4. The highest BCUT2D eigenvalue weighted by atomic mass is 16.5.